The predicted molar refractivity (Wildman–Crippen MR) is 72.4 cm³/mol. The van der Waals surface area contributed by atoms with Crippen LogP contribution in [0.4, 0.5) is 4.79 Å². The highest BCUT2D eigenvalue weighted by atomic mass is 32.2. The maximum Gasteiger partial charge on any atom is 0.327 e. The molecule has 0 aromatic carbocycles. The maximum absolute atomic E-state index is 12.1. The summed E-state index contributed by atoms with van der Waals surface area (Å²) >= 11 is 1.57. The van der Waals surface area contributed by atoms with E-state index in [9.17, 15) is 9.59 Å². The van der Waals surface area contributed by atoms with E-state index in [1.807, 2.05) is 6.92 Å². The summed E-state index contributed by atoms with van der Waals surface area (Å²) in [5.74, 6) is 0.651. The summed E-state index contributed by atoms with van der Waals surface area (Å²) in [5, 5.41) is 12.0. The molecule has 108 valence electrons. The Morgan fingerprint density at radius 3 is 2.95 bits per heavy atom. The summed E-state index contributed by atoms with van der Waals surface area (Å²) < 4.78 is 5.44. The Morgan fingerprint density at radius 2 is 2.32 bits per heavy atom. The van der Waals surface area contributed by atoms with Gasteiger partial charge in [0.2, 0.25) is 0 Å². The van der Waals surface area contributed by atoms with E-state index in [1.165, 1.54) is 4.90 Å². The molecule has 19 heavy (non-hydrogen) atoms. The van der Waals surface area contributed by atoms with Gasteiger partial charge >= 0.3 is 12.0 Å². The Labute approximate surface area is 116 Å². The first-order valence-electron chi connectivity index (χ1n) is 6.56. The molecule has 0 bridgehead atoms. The number of aliphatic carboxylic acids is 1. The molecule has 2 N–H and O–H groups in total. The molecule has 0 saturated carbocycles. The lowest BCUT2D eigenvalue weighted by Crippen LogP contribution is -2.54. The first-order chi connectivity index (χ1) is 9.09. The first-order valence-corrected chi connectivity index (χ1v) is 7.71. The molecule has 3 unspecified atom stereocenters. The molecule has 7 heteroatoms. The lowest BCUT2D eigenvalue weighted by Gasteiger charge is -2.33. The summed E-state index contributed by atoms with van der Waals surface area (Å²) in [4.78, 5) is 24.6. The standard InChI is InChI=1S/C12H20N2O4S/c1-8-9(2-4-18-8)6-13-12(17)14-3-5-19-7-10(14)11(15)16/h8-10H,2-7H2,1H3,(H,13,17)(H,15,16). The SMILES string of the molecule is CC1OCCC1CNC(=O)N1CCSCC1C(=O)O. The fraction of sp³-hybridized carbons (Fsp3) is 0.833. The molecule has 2 fully saturated rings. The molecule has 2 amide bonds. The summed E-state index contributed by atoms with van der Waals surface area (Å²) in [6.45, 7) is 3.78. The maximum atomic E-state index is 12.1. The van der Waals surface area contributed by atoms with Crippen LogP contribution in [0.15, 0.2) is 0 Å². The number of thioether (sulfide) groups is 1. The molecular weight excluding hydrogens is 268 g/mol. The molecule has 6 nitrogen and oxygen atoms in total. The first kappa shape index (κ1) is 14.5. The molecule has 2 heterocycles. The van der Waals surface area contributed by atoms with Gasteiger partial charge in [0.25, 0.3) is 0 Å². The lowest BCUT2D eigenvalue weighted by molar-refractivity contribution is -0.141. The van der Waals surface area contributed by atoms with Crippen molar-refractivity contribution < 1.29 is 19.4 Å². The van der Waals surface area contributed by atoms with Gasteiger partial charge in [-0.25, -0.2) is 9.59 Å². The number of nitrogens with zero attached hydrogens (tertiary/aromatic N) is 1. The van der Waals surface area contributed by atoms with Crippen molar-refractivity contribution in [3.8, 4) is 0 Å². The number of nitrogens with one attached hydrogen (secondary N) is 1. The summed E-state index contributed by atoms with van der Waals surface area (Å²) in [5.41, 5.74) is 0. The van der Waals surface area contributed by atoms with Crippen molar-refractivity contribution in [1.82, 2.24) is 10.2 Å². The highest BCUT2D eigenvalue weighted by molar-refractivity contribution is 7.99. The van der Waals surface area contributed by atoms with Gasteiger partial charge in [-0.3, -0.25) is 0 Å². The average molecular weight is 288 g/mol. The van der Waals surface area contributed by atoms with Crippen LogP contribution >= 0.6 is 11.8 Å². The third-order valence-electron chi connectivity index (χ3n) is 3.72. The second kappa shape index (κ2) is 6.47. The minimum absolute atomic E-state index is 0.160. The van der Waals surface area contributed by atoms with E-state index >= 15 is 0 Å². The van der Waals surface area contributed by atoms with Crippen LogP contribution in [-0.2, 0) is 9.53 Å². The molecule has 2 saturated heterocycles. The van der Waals surface area contributed by atoms with Crippen LogP contribution in [0.2, 0.25) is 0 Å². The number of carbonyl (C=O) groups is 2. The molecule has 0 spiro atoms. The number of hydrogen-bond acceptors (Lipinski definition) is 4. The van der Waals surface area contributed by atoms with Crippen LogP contribution in [0.25, 0.3) is 0 Å². The normalized spacial score (nSPS) is 31.2. The highest BCUT2D eigenvalue weighted by Crippen LogP contribution is 2.20. The smallest absolute Gasteiger partial charge is 0.327 e. The number of carboxylic acids is 1. The fourth-order valence-corrected chi connectivity index (χ4v) is 3.45. The van der Waals surface area contributed by atoms with Crippen molar-refractivity contribution in [2.24, 2.45) is 5.92 Å². The van der Waals surface area contributed by atoms with Crippen molar-refractivity contribution in [3.05, 3.63) is 0 Å². The quantitative estimate of drug-likeness (QED) is 0.796. The van der Waals surface area contributed by atoms with Gasteiger partial charge in [-0.1, -0.05) is 0 Å². The summed E-state index contributed by atoms with van der Waals surface area (Å²) in [7, 11) is 0. The molecule has 0 aliphatic carbocycles. The zero-order valence-electron chi connectivity index (χ0n) is 11.0. The van der Waals surface area contributed by atoms with E-state index in [2.05, 4.69) is 5.32 Å². The largest absolute Gasteiger partial charge is 0.480 e. The third-order valence-corrected chi connectivity index (χ3v) is 4.75. The van der Waals surface area contributed by atoms with Crippen LogP contribution < -0.4 is 5.32 Å². The van der Waals surface area contributed by atoms with Crippen molar-refractivity contribution in [3.63, 3.8) is 0 Å². The van der Waals surface area contributed by atoms with Gasteiger partial charge in [0.05, 0.1) is 6.10 Å². The van der Waals surface area contributed by atoms with Crippen LogP contribution in [0, 0.1) is 5.92 Å². The number of carboxylic acid groups (broad SMARTS) is 1. The highest BCUT2D eigenvalue weighted by Gasteiger charge is 2.33. The molecule has 0 aromatic rings. The van der Waals surface area contributed by atoms with E-state index in [0.717, 1.165) is 18.8 Å². The number of ether oxygens (including phenoxy) is 1. The van der Waals surface area contributed by atoms with Crippen molar-refractivity contribution in [1.29, 1.82) is 0 Å². The molecule has 0 aromatic heterocycles. The summed E-state index contributed by atoms with van der Waals surface area (Å²) in [6.07, 6.45) is 1.10. The van der Waals surface area contributed by atoms with Crippen LogP contribution in [0.5, 0.6) is 0 Å². The minimum Gasteiger partial charge on any atom is -0.480 e. The zero-order chi connectivity index (χ0) is 13.8. The zero-order valence-corrected chi connectivity index (χ0v) is 11.8. The van der Waals surface area contributed by atoms with Gasteiger partial charge in [0.15, 0.2) is 0 Å². The van der Waals surface area contributed by atoms with Gasteiger partial charge in [0.1, 0.15) is 6.04 Å². The topological polar surface area (TPSA) is 78.9 Å². The average Bonchev–Trinajstić information content (AvgIpc) is 2.81. The summed E-state index contributed by atoms with van der Waals surface area (Å²) in [6, 6.07) is -0.984. The number of rotatable bonds is 3. The molecule has 3 atom stereocenters. The number of urea groups is 1. The Balaban J connectivity index is 1.85. The number of carbonyl (C=O) groups excluding carboxylic acids is 1. The van der Waals surface area contributed by atoms with Gasteiger partial charge in [-0.05, 0) is 13.3 Å². The van der Waals surface area contributed by atoms with Crippen molar-refractivity contribution in [2.75, 3.05) is 31.2 Å². The van der Waals surface area contributed by atoms with Gasteiger partial charge in [0, 0.05) is 37.1 Å². The van der Waals surface area contributed by atoms with Gasteiger partial charge in [-0.2, -0.15) is 11.8 Å². The van der Waals surface area contributed by atoms with E-state index in [0.29, 0.717) is 24.8 Å². The Bertz CT molecular complexity index is 353. The Morgan fingerprint density at radius 1 is 1.53 bits per heavy atom. The van der Waals surface area contributed by atoms with Crippen LogP contribution in [-0.4, -0.2) is 65.4 Å². The lowest BCUT2D eigenvalue weighted by atomic mass is 10.0. The van der Waals surface area contributed by atoms with Gasteiger partial charge in [-0.15, -0.1) is 0 Å². The molecule has 2 aliphatic rings. The molecule has 2 rings (SSSR count). The molecule has 2 aliphatic heterocycles. The van der Waals surface area contributed by atoms with E-state index in [1.54, 1.807) is 11.8 Å². The third kappa shape index (κ3) is 3.54. The monoisotopic (exact) mass is 288 g/mol. The van der Waals surface area contributed by atoms with E-state index in [4.69, 9.17) is 9.84 Å². The second-order valence-electron chi connectivity index (χ2n) is 4.93. The second-order valence-corrected chi connectivity index (χ2v) is 6.08. The van der Waals surface area contributed by atoms with Gasteiger partial charge < -0.3 is 20.1 Å². The van der Waals surface area contributed by atoms with Crippen molar-refractivity contribution in [2.45, 2.75) is 25.5 Å². The Hall–Kier alpha value is -0.950. The van der Waals surface area contributed by atoms with Crippen LogP contribution in [0.1, 0.15) is 13.3 Å². The number of amides is 2. The van der Waals surface area contributed by atoms with Crippen LogP contribution in [0.3, 0.4) is 0 Å². The number of hydrogen-bond donors (Lipinski definition) is 2. The minimum atomic E-state index is -0.931. The predicted octanol–water partition coefficient (Wildman–Crippen LogP) is 0.623. The molecular formula is C12H20N2O4S. The van der Waals surface area contributed by atoms with Crippen molar-refractivity contribution >= 4 is 23.8 Å². The van der Waals surface area contributed by atoms with E-state index < -0.39 is 12.0 Å². The van der Waals surface area contributed by atoms with E-state index in [-0.39, 0.29) is 12.1 Å². The molecule has 0 radical (unpaired) electrons. The fourth-order valence-electron chi connectivity index (χ4n) is 2.42. The Kier molecular flexibility index (Phi) is 4.93.